The lowest BCUT2D eigenvalue weighted by Crippen LogP contribution is -2.51. The van der Waals surface area contributed by atoms with Crippen LogP contribution < -0.4 is 5.32 Å². The Bertz CT molecular complexity index is 318. The van der Waals surface area contributed by atoms with Crippen molar-refractivity contribution in [1.29, 1.82) is 0 Å². The van der Waals surface area contributed by atoms with Gasteiger partial charge in [0.25, 0.3) is 0 Å². The molecule has 0 aromatic carbocycles. The van der Waals surface area contributed by atoms with Crippen molar-refractivity contribution in [2.75, 3.05) is 32.7 Å². The molecule has 21 heavy (non-hydrogen) atoms. The largest absolute Gasteiger partial charge is 0.310 e. The summed E-state index contributed by atoms with van der Waals surface area (Å²) in [6, 6.07) is 2.30. The molecule has 0 bridgehead atoms. The van der Waals surface area contributed by atoms with Gasteiger partial charge in [0, 0.05) is 31.2 Å². The molecule has 0 radical (unpaired) electrons. The first-order valence-electron chi connectivity index (χ1n) is 9.50. The topological polar surface area (TPSA) is 18.5 Å². The lowest BCUT2D eigenvalue weighted by atomic mass is 9.90. The summed E-state index contributed by atoms with van der Waals surface area (Å²) >= 11 is 0. The summed E-state index contributed by atoms with van der Waals surface area (Å²) in [6.45, 7) is 11.4. The van der Waals surface area contributed by atoms with Crippen LogP contribution in [0.15, 0.2) is 0 Å². The number of rotatable bonds is 5. The number of likely N-dealkylation sites (tertiary alicyclic amines) is 1. The molecule has 3 aliphatic heterocycles. The predicted molar refractivity (Wildman–Crippen MR) is 89.7 cm³/mol. The minimum atomic E-state index is 0.691. The molecule has 122 valence electrons. The molecule has 3 heterocycles. The van der Waals surface area contributed by atoms with Crippen molar-refractivity contribution in [3.8, 4) is 0 Å². The third-order valence-corrected chi connectivity index (χ3v) is 6.12. The summed E-state index contributed by atoms with van der Waals surface area (Å²) in [7, 11) is 0. The lowest BCUT2D eigenvalue weighted by molar-refractivity contribution is 0.134. The van der Waals surface area contributed by atoms with Crippen LogP contribution in [0.1, 0.15) is 58.8 Å². The second-order valence-electron chi connectivity index (χ2n) is 7.65. The van der Waals surface area contributed by atoms with Gasteiger partial charge in [-0.1, -0.05) is 13.3 Å². The Balaban J connectivity index is 1.50. The van der Waals surface area contributed by atoms with Gasteiger partial charge in [0.2, 0.25) is 0 Å². The normalized spacial score (nSPS) is 36.6. The number of hydrogen-bond acceptors (Lipinski definition) is 3. The van der Waals surface area contributed by atoms with E-state index in [4.69, 9.17) is 0 Å². The highest BCUT2D eigenvalue weighted by Gasteiger charge is 2.37. The molecule has 3 heteroatoms. The molecule has 0 spiro atoms. The smallest absolute Gasteiger partial charge is 0.0249 e. The Morgan fingerprint density at radius 2 is 1.95 bits per heavy atom. The molecule has 3 aliphatic rings. The van der Waals surface area contributed by atoms with Gasteiger partial charge in [0.15, 0.2) is 0 Å². The number of piperidine rings is 2. The Kier molecular flexibility index (Phi) is 5.58. The molecule has 4 unspecified atom stereocenters. The van der Waals surface area contributed by atoms with Gasteiger partial charge < -0.3 is 10.2 Å². The quantitative estimate of drug-likeness (QED) is 0.841. The number of nitrogens with zero attached hydrogens (tertiary/aromatic N) is 2. The minimum absolute atomic E-state index is 0.691. The van der Waals surface area contributed by atoms with Crippen molar-refractivity contribution in [3.63, 3.8) is 0 Å². The van der Waals surface area contributed by atoms with Crippen LogP contribution in [0, 0.1) is 5.92 Å². The molecule has 0 aromatic rings. The third kappa shape index (κ3) is 3.80. The maximum Gasteiger partial charge on any atom is 0.0249 e. The van der Waals surface area contributed by atoms with Crippen LogP contribution in [0.3, 0.4) is 0 Å². The van der Waals surface area contributed by atoms with Gasteiger partial charge >= 0.3 is 0 Å². The van der Waals surface area contributed by atoms with Crippen molar-refractivity contribution in [1.82, 2.24) is 15.1 Å². The zero-order valence-corrected chi connectivity index (χ0v) is 14.2. The standard InChI is InChI=1S/C18H35N3/c1-3-10-20-11-6-7-16(14-20)15(2)19-17-9-13-21-12-5-4-8-18(17)21/h15-19H,3-14H2,1-2H3. The van der Waals surface area contributed by atoms with Crippen LogP contribution in [0.4, 0.5) is 0 Å². The van der Waals surface area contributed by atoms with Gasteiger partial charge in [-0.25, -0.2) is 0 Å². The molecule has 3 rings (SSSR count). The van der Waals surface area contributed by atoms with Crippen molar-refractivity contribution >= 4 is 0 Å². The van der Waals surface area contributed by atoms with E-state index in [1.54, 1.807) is 0 Å². The first-order valence-corrected chi connectivity index (χ1v) is 9.50. The van der Waals surface area contributed by atoms with Crippen LogP contribution in [-0.2, 0) is 0 Å². The van der Waals surface area contributed by atoms with Crippen molar-refractivity contribution in [3.05, 3.63) is 0 Å². The average molecular weight is 293 g/mol. The summed E-state index contributed by atoms with van der Waals surface area (Å²) in [4.78, 5) is 5.44. The van der Waals surface area contributed by atoms with E-state index >= 15 is 0 Å². The second-order valence-corrected chi connectivity index (χ2v) is 7.65. The minimum Gasteiger partial charge on any atom is -0.310 e. The van der Waals surface area contributed by atoms with E-state index in [-0.39, 0.29) is 0 Å². The molecule has 3 fully saturated rings. The first kappa shape index (κ1) is 15.8. The van der Waals surface area contributed by atoms with Crippen LogP contribution in [0.2, 0.25) is 0 Å². The molecule has 0 aromatic heterocycles. The Labute approximate surface area is 131 Å². The van der Waals surface area contributed by atoms with Gasteiger partial charge in [-0.05, 0) is 71.0 Å². The fraction of sp³-hybridized carbons (Fsp3) is 1.00. The number of fused-ring (bicyclic) bond motifs is 1. The SMILES string of the molecule is CCCN1CCCC(C(C)NC2CCN3CCCCC23)C1. The van der Waals surface area contributed by atoms with E-state index in [2.05, 4.69) is 29.0 Å². The highest BCUT2D eigenvalue weighted by atomic mass is 15.2. The Hall–Kier alpha value is -0.120. The molecule has 0 aliphatic carbocycles. The van der Waals surface area contributed by atoms with Crippen molar-refractivity contribution < 1.29 is 0 Å². The fourth-order valence-electron chi connectivity index (χ4n) is 4.93. The highest BCUT2D eigenvalue weighted by Crippen LogP contribution is 2.28. The van der Waals surface area contributed by atoms with E-state index in [0.717, 1.165) is 18.0 Å². The maximum atomic E-state index is 4.04. The van der Waals surface area contributed by atoms with Gasteiger partial charge in [0.05, 0.1) is 0 Å². The summed E-state index contributed by atoms with van der Waals surface area (Å²) in [6.07, 6.45) is 9.80. The fourth-order valence-corrected chi connectivity index (χ4v) is 4.93. The second kappa shape index (κ2) is 7.43. The molecular weight excluding hydrogens is 258 g/mol. The van der Waals surface area contributed by atoms with E-state index in [1.807, 2.05) is 0 Å². The molecule has 1 N–H and O–H groups in total. The first-order chi connectivity index (χ1) is 10.3. The summed E-state index contributed by atoms with van der Waals surface area (Å²) in [5, 5.41) is 4.04. The third-order valence-electron chi connectivity index (χ3n) is 6.12. The lowest BCUT2D eigenvalue weighted by Gasteiger charge is -2.39. The molecule has 3 nitrogen and oxygen atoms in total. The van der Waals surface area contributed by atoms with E-state index in [1.165, 1.54) is 77.7 Å². The molecule has 4 atom stereocenters. The van der Waals surface area contributed by atoms with E-state index < -0.39 is 0 Å². The Morgan fingerprint density at radius 3 is 2.81 bits per heavy atom. The summed E-state index contributed by atoms with van der Waals surface area (Å²) in [5.74, 6) is 0.864. The van der Waals surface area contributed by atoms with Gasteiger partial charge in [-0.15, -0.1) is 0 Å². The van der Waals surface area contributed by atoms with Crippen LogP contribution in [0.5, 0.6) is 0 Å². The zero-order valence-electron chi connectivity index (χ0n) is 14.2. The monoisotopic (exact) mass is 293 g/mol. The van der Waals surface area contributed by atoms with E-state index in [9.17, 15) is 0 Å². The zero-order chi connectivity index (χ0) is 14.7. The van der Waals surface area contributed by atoms with Gasteiger partial charge in [0.1, 0.15) is 0 Å². The summed E-state index contributed by atoms with van der Waals surface area (Å²) < 4.78 is 0. The van der Waals surface area contributed by atoms with Gasteiger partial charge in [-0.3, -0.25) is 4.90 Å². The van der Waals surface area contributed by atoms with E-state index in [0.29, 0.717) is 6.04 Å². The van der Waals surface area contributed by atoms with Gasteiger partial charge in [-0.2, -0.15) is 0 Å². The average Bonchev–Trinajstić information content (AvgIpc) is 2.91. The number of hydrogen-bond donors (Lipinski definition) is 1. The maximum absolute atomic E-state index is 4.04. The molecule has 0 saturated carbocycles. The van der Waals surface area contributed by atoms with Crippen LogP contribution in [0.25, 0.3) is 0 Å². The van der Waals surface area contributed by atoms with Crippen LogP contribution in [-0.4, -0.2) is 60.6 Å². The molecular formula is C18H35N3. The summed E-state index contributed by atoms with van der Waals surface area (Å²) in [5.41, 5.74) is 0. The molecule has 0 amide bonds. The highest BCUT2D eigenvalue weighted by molar-refractivity contribution is 4.96. The predicted octanol–water partition coefficient (Wildman–Crippen LogP) is 2.71. The number of nitrogens with one attached hydrogen (secondary N) is 1. The van der Waals surface area contributed by atoms with Crippen molar-refractivity contribution in [2.24, 2.45) is 5.92 Å². The van der Waals surface area contributed by atoms with Crippen LogP contribution >= 0.6 is 0 Å². The Morgan fingerprint density at radius 1 is 1.05 bits per heavy atom. The van der Waals surface area contributed by atoms with Crippen molar-refractivity contribution in [2.45, 2.75) is 76.9 Å². The molecule has 3 saturated heterocycles.